The zero-order valence-electron chi connectivity index (χ0n) is 11.2. The van der Waals surface area contributed by atoms with Crippen LogP contribution in [0.25, 0.3) is 0 Å². The summed E-state index contributed by atoms with van der Waals surface area (Å²) in [5.74, 6) is -2.86. The van der Waals surface area contributed by atoms with Crippen molar-refractivity contribution in [3.8, 4) is 0 Å². The predicted octanol–water partition coefficient (Wildman–Crippen LogP) is 1.85. The van der Waals surface area contributed by atoms with E-state index in [-0.39, 0.29) is 12.3 Å². The maximum Gasteiger partial charge on any atom is 0.308 e. The Balaban J connectivity index is 2.17. The molecule has 2 fully saturated rings. The number of carboxylic acid groups (broad SMARTS) is 2. The highest BCUT2D eigenvalue weighted by atomic mass is 16.4. The van der Waals surface area contributed by atoms with Gasteiger partial charge in [0.25, 0.3) is 0 Å². The van der Waals surface area contributed by atoms with E-state index in [2.05, 4.69) is 0 Å². The molecule has 5 nitrogen and oxygen atoms in total. The minimum absolute atomic E-state index is 0.178. The van der Waals surface area contributed by atoms with E-state index < -0.39 is 29.3 Å². The summed E-state index contributed by atoms with van der Waals surface area (Å²) in [4.78, 5) is 22.6. The van der Waals surface area contributed by atoms with Gasteiger partial charge >= 0.3 is 11.9 Å². The van der Waals surface area contributed by atoms with E-state index in [1.807, 2.05) is 0 Å². The smallest absolute Gasteiger partial charge is 0.308 e. The fourth-order valence-electron chi connectivity index (χ4n) is 3.90. The maximum absolute atomic E-state index is 11.5. The molecule has 0 heterocycles. The molecule has 0 saturated heterocycles. The first-order valence-electron chi connectivity index (χ1n) is 7.19. The Morgan fingerprint density at radius 3 is 2.16 bits per heavy atom. The number of aliphatic carboxylic acids is 2. The molecule has 5 heteroatoms. The second-order valence-corrected chi connectivity index (χ2v) is 6.15. The van der Waals surface area contributed by atoms with Crippen molar-refractivity contribution in [1.82, 2.24) is 0 Å². The fraction of sp³-hybridized carbons (Fsp3) is 0.857. The molecule has 0 aliphatic heterocycles. The highest BCUT2D eigenvalue weighted by Crippen LogP contribution is 2.45. The number of hydrogen-bond donors (Lipinski definition) is 3. The summed E-state index contributed by atoms with van der Waals surface area (Å²) in [7, 11) is 0. The van der Waals surface area contributed by atoms with Crippen molar-refractivity contribution < 1.29 is 19.8 Å². The van der Waals surface area contributed by atoms with Crippen LogP contribution in [0.5, 0.6) is 0 Å². The van der Waals surface area contributed by atoms with Crippen LogP contribution < -0.4 is 5.73 Å². The van der Waals surface area contributed by atoms with Crippen molar-refractivity contribution in [2.24, 2.45) is 23.5 Å². The van der Waals surface area contributed by atoms with Gasteiger partial charge < -0.3 is 15.9 Å². The first-order valence-corrected chi connectivity index (χ1v) is 7.19. The molecule has 2 rings (SSSR count). The summed E-state index contributed by atoms with van der Waals surface area (Å²) < 4.78 is 0. The molecule has 0 amide bonds. The zero-order valence-corrected chi connectivity index (χ0v) is 11.2. The number of nitrogens with two attached hydrogens (primary N) is 1. The van der Waals surface area contributed by atoms with Crippen LogP contribution in [0, 0.1) is 17.8 Å². The van der Waals surface area contributed by atoms with Gasteiger partial charge in [0.2, 0.25) is 0 Å². The number of hydrogen-bond acceptors (Lipinski definition) is 3. The van der Waals surface area contributed by atoms with Crippen LogP contribution in [0.1, 0.15) is 51.4 Å². The van der Waals surface area contributed by atoms with E-state index in [0.717, 1.165) is 25.7 Å². The Hall–Kier alpha value is -1.10. The molecule has 0 aromatic heterocycles. The zero-order chi connectivity index (χ0) is 14.0. The number of carbonyl (C=O) groups is 2. The molecule has 4 N–H and O–H groups in total. The predicted molar refractivity (Wildman–Crippen MR) is 69.6 cm³/mol. The summed E-state index contributed by atoms with van der Waals surface area (Å²) in [6, 6.07) is 0. The lowest BCUT2D eigenvalue weighted by Crippen LogP contribution is -2.59. The Morgan fingerprint density at radius 1 is 1.00 bits per heavy atom. The van der Waals surface area contributed by atoms with E-state index in [1.54, 1.807) is 0 Å². The lowest BCUT2D eigenvalue weighted by Gasteiger charge is -2.47. The van der Waals surface area contributed by atoms with Gasteiger partial charge in [0.1, 0.15) is 0 Å². The van der Waals surface area contributed by atoms with Gasteiger partial charge in [-0.25, -0.2) is 0 Å². The van der Waals surface area contributed by atoms with E-state index >= 15 is 0 Å². The lowest BCUT2D eigenvalue weighted by atomic mass is 9.60. The van der Waals surface area contributed by atoms with Crippen LogP contribution in [-0.2, 0) is 9.59 Å². The van der Waals surface area contributed by atoms with Crippen molar-refractivity contribution in [3.05, 3.63) is 0 Å². The van der Waals surface area contributed by atoms with Gasteiger partial charge in [-0.15, -0.1) is 0 Å². The molecule has 0 spiro atoms. The summed E-state index contributed by atoms with van der Waals surface area (Å²) in [5, 5.41) is 18.5. The first kappa shape index (κ1) is 14.3. The molecule has 3 unspecified atom stereocenters. The second kappa shape index (κ2) is 5.49. The number of carboxylic acids is 2. The molecule has 0 aromatic rings. The Kier molecular flexibility index (Phi) is 4.13. The van der Waals surface area contributed by atoms with E-state index in [1.165, 1.54) is 6.42 Å². The van der Waals surface area contributed by atoms with Gasteiger partial charge in [0.15, 0.2) is 0 Å². The molecule has 2 aliphatic carbocycles. The third-order valence-electron chi connectivity index (χ3n) is 5.11. The second-order valence-electron chi connectivity index (χ2n) is 6.15. The molecule has 2 saturated carbocycles. The van der Waals surface area contributed by atoms with Gasteiger partial charge in [-0.2, -0.15) is 0 Å². The highest BCUT2D eigenvalue weighted by Gasteiger charge is 2.50. The van der Waals surface area contributed by atoms with E-state index in [0.29, 0.717) is 12.8 Å². The normalized spacial score (nSPS) is 36.9. The largest absolute Gasteiger partial charge is 0.481 e. The monoisotopic (exact) mass is 269 g/mol. The van der Waals surface area contributed by atoms with Crippen LogP contribution in [0.15, 0.2) is 0 Å². The van der Waals surface area contributed by atoms with Gasteiger partial charge in [-0.1, -0.05) is 19.3 Å². The van der Waals surface area contributed by atoms with Crippen LogP contribution in [0.3, 0.4) is 0 Å². The van der Waals surface area contributed by atoms with Crippen LogP contribution >= 0.6 is 0 Å². The van der Waals surface area contributed by atoms with Crippen molar-refractivity contribution in [1.29, 1.82) is 0 Å². The van der Waals surface area contributed by atoms with Gasteiger partial charge in [-0.05, 0) is 38.0 Å². The molecule has 19 heavy (non-hydrogen) atoms. The van der Waals surface area contributed by atoms with Gasteiger partial charge in [-0.3, -0.25) is 9.59 Å². The van der Waals surface area contributed by atoms with E-state index in [4.69, 9.17) is 10.8 Å². The van der Waals surface area contributed by atoms with Crippen LogP contribution in [-0.4, -0.2) is 27.7 Å². The molecule has 3 atom stereocenters. The van der Waals surface area contributed by atoms with Crippen LogP contribution in [0.4, 0.5) is 0 Å². The van der Waals surface area contributed by atoms with Crippen molar-refractivity contribution >= 4 is 11.9 Å². The third-order valence-corrected chi connectivity index (χ3v) is 5.11. The summed E-state index contributed by atoms with van der Waals surface area (Å²) in [6.07, 6.45) is 6.59. The molecule has 0 aromatic carbocycles. The molecule has 0 bridgehead atoms. The topological polar surface area (TPSA) is 101 Å². The van der Waals surface area contributed by atoms with Crippen molar-refractivity contribution in [3.63, 3.8) is 0 Å². The lowest BCUT2D eigenvalue weighted by molar-refractivity contribution is -0.152. The molecule has 0 radical (unpaired) electrons. The van der Waals surface area contributed by atoms with Crippen LogP contribution in [0.2, 0.25) is 0 Å². The Labute approximate surface area is 113 Å². The molecule has 108 valence electrons. The van der Waals surface area contributed by atoms with Crippen molar-refractivity contribution in [2.75, 3.05) is 0 Å². The minimum atomic E-state index is -0.931. The summed E-state index contributed by atoms with van der Waals surface area (Å²) >= 11 is 0. The van der Waals surface area contributed by atoms with E-state index in [9.17, 15) is 14.7 Å². The SMILES string of the molecule is NC1(C2CCCCC2)CCC(C(=O)O)CC1C(=O)O. The Bertz CT molecular complexity index is 364. The minimum Gasteiger partial charge on any atom is -0.481 e. The molecule has 2 aliphatic rings. The molecular weight excluding hydrogens is 246 g/mol. The van der Waals surface area contributed by atoms with Crippen molar-refractivity contribution in [2.45, 2.75) is 56.9 Å². The Morgan fingerprint density at radius 2 is 1.63 bits per heavy atom. The maximum atomic E-state index is 11.5. The molecular formula is C14H23NO4. The number of rotatable bonds is 3. The van der Waals surface area contributed by atoms with Gasteiger partial charge in [0.05, 0.1) is 11.8 Å². The van der Waals surface area contributed by atoms with Gasteiger partial charge in [0, 0.05) is 5.54 Å². The quantitative estimate of drug-likeness (QED) is 0.726. The average molecular weight is 269 g/mol. The summed E-state index contributed by atoms with van der Waals surface area (Å²) in [6.45, 7) is 0. The average Bonchev–Trinajstić information content (AvgIpc) is 2.39. The third kappa shape index (κ3) is 2.76. The standard InChI is InChI=1S/C14H23NO4/c15-14(10-4-2-1-3-5-10)7-6-9(12(16)17)8-11(14)13(18)19/h9-11H,1-8,15H2,(H,16,17)(H,18,19). The summed E-state index contributed by atoms with van der Waals surface area (Å²) in [5.41, 5.74) is 5.76. The highest BCUT2D eigenvalue weighted by molar-refractivity contribution is 5.75. The fourth-order valence-corrected chi connectivity index (χ4v) is 3.90. The first-order chi connectivity index (χ1) is 8.95.